The van der Waals surface area contributed by atoms with Crippen molar-refractivity contribution in [1.29, 1.82) is 0 Å². The molecule has 1 unspecified atom stereocenters. The Morgan fingerprint density at radius 1 is 1.10 bits per heavy atom. The van der Waals surface area contributed by atoms with Crippen molar-refractivity contribution in [1.82, 2.24) is 4.98 Å². The van der Waals surface area contributed by atoms with Gasteiger partial charge in [-0.3, -0.25) is 4.98 Å². The zero-order chi connectivity index (χ0) is 13.6. The van der Waals surface area contributed by atoms with Gasteiger partial charge in [-0.05, 0) is 92.7 Å². The van der Waals surface area contributed by atoms with Crippen LogP contribution in [0.3, 0.4) is 0 Å². The molecule has 4 aliphatic rings. The molecule has 4 fully saturated rings. The van der Waals surface area contributed by atoms with Crippen molar-refractivity contribution < 1.29 is 0 Å². The molecule has 1 heterocycles. The van der Waals surface area contributed by atoms with Crippen LogP contribution in [-0.4, -0.2) is 11.5 Å². The maximum atomic E-state index is 6.21. The Morgan fingerprint density at radius 2 is 1.75 bits per heavy atom. The van der Waals surface area contributed by atoms with Crippen molar-refractivity contribution in [3.8, 4) is 0 Å². The van der Waals surface area contributed by atoms with E-state index in [0.717, 1.165) is 30.7 Å². The van der Waals surface area contributed by atoms with Gasteiger partial charge >= 0.3 is 0 Å². The van der Waals surface area contributed by atoms with Crippen LogP contribution in [0.2, 0.25) is 0 Å². The molecule has 0 saturated heterocycles. The second-order valence-corrected chi connectivity index (χ2v) is 7.74. The molecule has 4 aliphatic carbocycles. The second kappa shape index (κ2) is 4.84. The van der Waals surface area contributed by atoms with Crippen molar-refractivity contribution in [2.24, 2.45) is 34.8 Å². The minimum atomic E-state index is 0.557. The number of hydrogen-bond donors (Lipinski definition) is 1. The third kappa shape index (κ3) is 2.09. The lowest BCUT2D eigenvalue weighted by molar-refractivity contribution is -0.0851. The van der Waals surface area contributed by atoms with Crippen molar-refractivity contribution >= 4 is 0 Å². The summed E-state index contributed by atoms with van der Waals surface area (Å²) in [6, 6.07) is 6.28. The fourth-order valence-corrected chi connectivity index (χ4v) is 6.00. The maximum absolute atomic E-state index is 6.21. The fourth-order valence-electron chi connectivity index (χ4n) is 6.00. The van der Waals surface area contributed by atoms with Gasteiger partial charge in [0.2, 0.25) is 0 Å². The zero-order valence-corrected chi connectivity index (χ0v) is 12.3. The van der Waals surface area contributed by atoms with Gasteiger partial charge in [0.15, 0.2) is 0 Å². The lowest BCUT2D eigenvalue weighted by Gasteiger charge is -2.59. The largest absolute Gasteiger partial charge is 0.330 e. The van der Waals surface area contributed by atoms with E-state index in [0.29, 0.717) is 11.3 Å². The Bertz CT molecular complexity index is 432. The molecule has 0 spiro atoms. The predicted molar refractivity (Wildman–Crippen MR) is 81.1 cm³/mol. The van der Waals surface area contributed by atoms with Crippen molar-refractivity contribution in [2.45, 2.75) is 44.9 Å². The van der Waals surface area contributed by atoms with Gasteiger partial charge in [-0.15, -0.1) is 0 Å². The molecule has 2 N–H and O–H groups in total. The highest BCUT2D eigenvalue weighted by molar-refractivity contribution is 5.09. The maximum Gasteiger partial charge on any atom is 0.0407 e. The summed E-state index contributed by atoms with van der Waals surface area (Å²) in [5, 5.41) is 0. The summed E-state index contributed by atoms with van der Waals surface area (Å²) in [4.78, 5) is 4.54. The van der Waals surface area contributed by atoms with Crippen LogP contribution in [0.5, 0.6) is 0 Å². The van der Waals surface area contributed by atoms with Crippen molar-refractivity contribution in [3.63, 3.8) is 0 Å². The molecule has 0 aromatic carbocycles. The Labute approximate surface area is 122 Å². The highest BCUT2D eigenvalue weighted by Gasteiger charge is 2.53. The van der Waals surface area contributed by atoms with Crippen LogP contribution in [-0.2, 0) is 6.42 Å². The number of nitrogens with zero attached hydrogens (tertiary/aromatic N) is 1. The summed E-state index contributed by atoms with van der Waals surface area (Å²) < 4.78 is 0. The SMILES string of the molecule is NCC(Cc1ccccn1)C12CC3CC(CC(C3)C1)C2. The van der Waals surface area contributed by atoms with E-state index in [1.165, 1.54) is 44.2 Å². The highest BCUT2D eigenvalue weighted by atomic mass is 14.7. The molecule has 0 radical (unpaired) electrons. The standard InChI is InChI=1S/C18H26N2/c19-12-16(8-17-3-1-2-4-20-17)18-9-13-5-14(10-18)7-15(6-13)11-18/h1-4,13-16H,5-12,19H2. The number of hydrogen-bond acceptors (Lipinski definition) is 2. The van der Waals surface area contributed by atoms with E-state index in [-0.39, 0.29) is 0 Å². The molecule has 1 aromatic rings. The summed E-state index contributed by atoms with van der Waals surface area (Å²) in [7, 11) is 0. The minimum absolute atomic E-state index is 0.557. The highest BCUT2D eigenvalue weighted by Crippen LogP contribution is 2.62. The Hall–Kier alpha value is -0.890. The minimum Gasteiger partial charge on any atom is -0.330 e. The third-order valence-electron chi connectivity index (χ3n) is 6.42. The van der Waals surface area contributed by atoms with Gasteiger partial charge in [-0.1, -0.05) is 6.07 Å². The number of pyridine rings is 1. The van der Waals surface area contributed by atoms with Crippen LogP contribution in [0, 0.1) is 29.1 Å². The molecule has 5 rings (SSSR count). The predicted octanol–water partition coefficient (Wildman–Crippen LogP) is 3.42. The fraction of sp³-hybridized carbons (Fsp3) is 0.722. The van der Waals surface area contributed by atoms with Crippen molar-refractivity contribution in [3.05, 3.63) is 30.1 Å². The van der Waals surface area contributed by atoms with Gasteiger partial charge < -0.3 is 5.73 Å². The number of rotatable bonds is 4. The summed E-state index contributed by atoms with van der Waals surface area (Å²) in [5.41, 5.74) is 8.01. The molecule has 4 saturated carbocycles. The van der Waals surface area contributed by atoms with E-state index in [4.69, 9.17) is 5.73 Å². The molecule has 2 heteroatoms. The summed E-state index contributed by atoms with van der Waals surface area (Å²) in [5.74, 6) is 3.68. The first kappa shape index (κ1) is 12.8. The number of aromatic nitrogens is 1. The first-order valence-electron chi connectivity index (χ1n) is 8.37. The van der Waals surface area contributed by atoms with Crippen LogP contribution in [0.1, 0.15) is 44.2 Å². The normalized spacial score (nSPS) is 40.0. The molecule has 108 valence electrons. The average Bonchev–Trinajstić information content (AvgIpc) is 2.44. The molecular weight excluding hydrogens is 244 g/mol. The van der Waals surface area contributed by atoms with E-state index in [2.05, 4.69) is 17.1 Å². The first-order valence-corrected chi connectivity index (χ1v) is 8.37. The van der Waals surface area contributed by atoms with Gasteiger partial charge in [0, 0.05) is 11.9 Å². The Balaban J connectivity index is 1.58. The summed E-state index contributed by atoms with van der Waals surface area (Å²) >= 11 is 0. The van der Waals surface area contributed by atoms with Gasteiger partial charge in [-0.2, -0.15) is 0 Å². The van der Waals surface area contributed by atoms with Gasteiger partial charge in [0.1, 0.15) is 0 Å². The van der Waals surface area contributed by atoms with Crippen LogP contribution < -0.4 is 5.73 Å². The van der Waals surface area contributed by atoms with Crippen LogP contribution in [0.25, 0.3) is 0 Å². The third-order valence-corrected chi connectivity index (χ3v) is 6.42. The summed E-state index contributed by atoms with van der Waals surface area (Å²) in [6.45, 7) is 0.836. The molecule has 1 atom stereocenters. The molecule has 1 aromatic heterocycles. The van der Waals surface area contributed by atoms with Gasteiger partial charge in [-0.25, -0.2) is 0 Å². The van der Waals surface area contributed by atoms with E-state index < -0.39 is 0 Å². The lowest BCUT2D eigenvalue weighted by Crippen LogP contribution is -2.51. The monoisotopic (exact) mass is 270 g/mol. The molecule has 4 bridgehead atoms. The zero-order valence-electron chi connectivity index (χ0n) is 12.3. The average molecular weight is 270 g/mol. The Kier molecular flexibility index (Phi) is 3.10. The first-order chi connectivity index (χ1) is 9.77. The van der Waals surface area contributed by atoms with Crippen LogP contribution >= 0.6 is 0 Å². The lowest BCUT2D eigenvalue weighted by atomic mass is 9.46. The molecule has 0 aliphatic heterocycles. The van der Waals surface area contributed by atoms with Crippen molar-refractivity contribution in [2.75, 3.05) is 6.54 Å². The molecule has 0 amide bonds. The molecular formula is C18H26N2. The molecule has 2 nitrogen and oxygen atoms in total. The Morgan fingerprint density at radius 3 is 2.25 bits per heavy atom. The second-order valence-electron chi connectivity index (χ2n) is 7.74. The van der Waals surface area contributed by atoms with E-state index in [9.17, 15) is 0 Å². The number of nitrogens with two attached hydrogens (primary N) is 1. The van der Waals surface area contributed by atoms with Crippen LogP contribution in [0.4, 0.5) is 0 Å². The van der Waals surface area contributed by atoms with Gasteiger partial charge in [0.05, 0.1) is 0 Å². The van der Waals surface area contributed by atoms with Crippen LogP contribution in [0.15, 0.2) is 24.4 Å². The quantitative estimate of drug-likeness (QED) is 0.910. The van der Waals surface area contributed by atoms with E-state index in [1.54, 1.807) is 0 Å². The van der Waals surface area contributed by atoms with Gasteiger partial charge in [0.25, 0.3) is 0 Å². The summed E-state index contributed by atoms with van der Waals surface area (Å²) in [6.07, 6.45) is 11.9. The topological polar surface area (TPSA) is 38.9 Å². The molecule has 20 heavy (non-hydrogen) atoms. The smallest absolute Gasteiger partial charge is 0.0407 e. The van der Waals surface area contributed by atoms with E-state index in [1.807, 2.05) is 12.3 Å². The van der Waals surface area contributed by atoms with E-state index >= 15 is 0 Å².